The first-order valence-corrected chi connectivity index (χ1v) is 7.77. The van der Waals surface area contributed by atoms with Crippen LogP contribution < -0.4 is 10.5 Å². The fourth-order valence-electron chi connectivity index (χ4n) is 3.42. The van der Waals surface area contributed by atoms with E-state index in [-0.39, 0.29) is 23.7 Å². The lowest BCUT2D eigenvalue weighted by Crippen LogP contribution is -2.43. The van der Waals surface area contributed by atoms with Crippen molar-refractivity contribution in [2.45, 2.75) is 50.7 Å². The lowest BCUT2D eigenvalue weighted by molar-refractivity contribution is 0.0177. The van der Waals surface area contributed by atoms with Crippen LogP contribution in [-0.2, 0) is 11.2 Å². The average Bonchev–Trinajstić information content (AvgIpc) is 2.51. The highest BCUT2D eigenvalue weighted by Gasteiger charge is 2.29. The second-order valence-electron chi connectivity index (χ2n) is 5.90. The highest BCUT2D eigenvalue weighted by atomic mass is 19.1. The molecule has 0 radical (unpaired) electrons. The number of methoxy groups -OCH3 is 2. The Balaban J connectivity index is 2.06. The first-order chi connectivity index (χ1) is 10.2. The van der Waals surface area contributed by atoms with Crippen molar-refractivity contribution in [2.24, 2.45) is 11.7 Å². The van der Waals surface area contributed by atoms with Crippen LogP contribution >= 0.6 is 0 Å². The van der Waals surface area contributed by atoms with Crippen LogP contribution in [0.5, 0.6) is 5.75 Å². The average molecular weight is 295 g/mol. The zero-order valence-corrected chi connectivity index (χ0v) is 13.0. The Labute approximate surface area is 126 Å². The van der Waals surface area contributed by atoms with Crippen LogP contribution in [0.25, 0.3) is 0 Å². The Kier molecular flexibility index (Phi) is 6.00. The molecule has 1 aliphatic carbocycles. The summed E-state index contributed by atoms with van der Waals surface area (Å²) in [5, 5.41) is 0. The van der Waals surface area contributed by atoms with E-state index in [1.165, 1.54) is 26.4 Å². The van der Waals surface area contributed by atoms with Gasteiger partial charge in [-0.3, -0.25) is 0 Å². The van der Waals surface area contributed by atoms with Crippen LogP contribution in [0.4, 0.5) is 4.39 Å². The van der Waals surface area contributed by atoms with Crippen molar-refractivity contribution < 1.29 is 13.9 Å². The van der Waals surface area contributed by atoms with E-state index in [9.17, 15) is 4.39 Å². The highest BCUT2D eigenvalue weighted by molar-refractivity contribution is 5.31. The number of ether oxygens (including phenoxy) is 2. The minimum absolute atomic E-state index is 0.00380. The van der Waals surface area contributed by atoms with E-state index in [4.69, 9.17) is 15.2 Å². The third kappa shape index (κ3) is 3.95. The molecule has 0 amide bonds. The smallest absolute Gasteiger partial charge is 0.168 e. The lowest BCUT2D eigenvalue weighted by Gasteiger charge is -2.33. The van der Waals surface area contributed by atoms with E-state index < -0.39 is 0 Å². The number of hydrogen-bond donors (Lipinski definition) is 1. The second kappa shape index (κ2) is 7.76. The van der Waals surface area contributed by atoms with Gasteiger partial charge in [-0.15, -0.1) is 0 Å². The summed E-state index contributed by atoms with van der Waals surface area (Å²) in [5.41, 5.74) is 6.92. The van der Waals surface area contributed by atoms with Crippen molar-refractivity contribution >= 4 is 0 Å². The van der Waals surface area contributed by atoms with Gasteiger partial charge < -0.3 is 15.2 Å². The molecule has 0 spiro atoms. The lowest BCUT2D eigenvalue weighted by atomic mass is 9.81. The zero-order chi connectivity index (χ0) is 15.2. The minimum Gasteiger partial charge on any atom is -0.494 e. The van der Waals surface area contributed by atoms with Crippen molar-refractivity contribution in [2.75, 3.05) is 14.2 Å². The van der Waals surface area contributed by atoms with Crippen molar-refractivity contribution in [1.29, 1.82) is 0 Å². The third-order valence-corrected chi connectivity index (χ3v) is 4.53. The van der Waals surface area contributed by atoms with Gasteiger partial charge in [0, 0.05) is 13.2 Å². The molecule has 0 heterocycles. The van der Waals surface area contributed by atoms with Gasteiger partial charge in [-0.25, -0.2) is 4.39 Å². The molecule has 0 bridgehead atoms. The molecule has 0 aliphatic heterocycles. The van der Waals surface area contributed by atoms with Gasteiger partial charge in [0.2, 0.25) is 0 Å². The molecule has 1 fully saturated rings. The van der Waals surface area contributed by atoms with Crippen molar-refractivity contribution in [3.05, 3.63) is 29.6 Å². The number of rotatable bonds is 6. The predicted molar refractivity (Wildman–Crippen MR) is 82.0 cm³/mol. The molecule has 1 aromatic rings. The number of halogens is 1. The summed E-state index contributed by atoms with van der Waals surface area (Å²) in [6.45, 7) is 0. The van der Waals surface area contributed by atoms with Crippen LogP contribution in [0.1, 0.15) is 37.7 Å². The molecule has 1 aromatic carbocycles. The largest absolute Gasteiger partial charge is 0.494 e. The fourth-order valence-corrected chi connectivity index (χ4v) is 3.42. The predicted octanol–water partition coefficient (Wildman–Crippen LogP) is 3.30. The number of nitrogens with two attached hydrogens (primary N) is 1. The maximum atomic E-state index is 14.2. The summed E-state index contributed by atoms with van der Waals surface area (Å²) >= 11 is 0. The molecule has 3 nitrogen and oxygen atoms in total. The topological polar surface area (TPSA) is 44.5 Å². The molecular weight excluding hydrogens is 269 g/mol. The molecule has 1 aliphatic rings. The fraction of sp³-hybridized carbons (Fsp3) is 0.647. The Morgan fingerprint density at radius 2 is 1.95 bits per heavy atom. The van der Waals surface area contributed by atoms with Crippen molar-refractivity contribution in [1.82, 2.24) is 0 Å². The third-order valence-electron chi connectivity index (χ3n) is 4.53. The number of benzene rings is 1. The molecule has 118 valence electrons. The Hall–Kier alpha value is -1.13. The van der Waals surface area contributed by atoms with Crippen molar-refractivity contribution in [3.8, 4) is 5.75 Å². The molecule has 2 unspecified atom stereocenters. The second-order valence-corrected chi connectivity index (χ2v) is 5.90. The normalized spacial score (nSPS) is 19.2. The van der Waals surface area contributed by atoms with Crippen LogP contribution in [-0.4, -0.2) is 26.4 Å². The maximum absolute atomic E-state index is 14.2. The van der Waals surface area contributed by atoms with E-state index in [1.54, 1.807) is 25.3 Å². The zero-order valence-electron chi connectivity index (χ0n) is 13.0. The molecule has 2 atom stereocenters. The summed E-state index contributed by atoms with van der Waals surface area (Å²) in [5.74, 6) is 0.452. The first kappa shape index (κ1) is 16.2. The van der Waals surface area contributed by atoms with Crippen molar-refractivity contribution in [3.63, 3.8) is 0 Å². The molecule has 0 aromatic heterocycles. The molecule has 1 saturated carbocycles. The number of hydrogen-bond acceptors (Lipinski definition) is 3. The monoisotopic (exact) mass is 295 g/mol. The Morgan fingerprint density at radius 3 is 2.57 bits per heavy atom. The minimum atomic E-state index is -0.311. The molecule has 0 saturated heterocycles. The quantitative estimate of drug-likeness (QED) is 0.876. The molecular formula is C17H26FNO2. The SMILES string of the molecule is COc1cccc(CC(N)C(OC)C2CCCCC2)c1F. The molecule has 21 heavy (non-hydrogen) atoms. The molecule has 4 heteroatoms. The van der Waals surface area contributed by atoms with E-state index in [2.05, 4.69) is 0 Å². The van der Waals surface area contributed by atoms with Gasteiger partial charge in [0.15, 0.2) is 11.6 Å². The Morgan fingerprint density at radius 1 is 1.24 bits per heavy atom. The molecule has 2 rings (SSSR count). The van der Waals surface area contributed by atoms with E-state index >= 15 is 0 Å². The van der Waals surface area contributed by atoms with Gasteiger partial charge in [0.25, 0.3) is 0 Å². The summed E-state index contributed by atoms with van der Waals surface area (Å²) in [4.78, 5) is 0. The van der Waals surface area contributed by atoms with Gasteiger partial charge in [-0.05, 0) is 36.8 Å². The molecule has 2 N–H and O–H groups in total. The first-order valence-electron chi connectivity index (χ1n) is 7.77. The Bertz CT molecular complexity index is 446. The maximum Gasteiger partial charge on any atom is 0.168 e. The van der Waals surface area contributed by atoms with Crippen LogP contribution in [0.15, 0.2) is 18.2 Å². The summed E-state index contributed by atoms with van der Waals surface area (Å²) in [6.07, 6.45) is 6.57. The van der Waals surface area contributed by atoms with Gasteiger partial charge in [-0.2, -0.15) is 0 Å². The van der Waals surface area contributed by atoms with E-state index in [1.807, 2.05) is 0 Å². The standard InChI is InChI=1S/C17H26FNO2/c1-20-15-10-6-9-13(16(15)18)11-14(19)17(21-2)12-7-4-3-5-8-12/h6,9-10,12,14,17H,3-5,7-8,11,19H2,1-2H3. The van der Waals surface area contributed by atoms with Crippen LogP contribution in [0.2, 0.25) is 0 Å². The van der Waals surface area contributed by atoms with Crippen LogP contribution in [0, 0.1) is 11.7 Å². The summed E-state index contributed by atoms with van der Waals surface area (Å²) in [6, 6.07) is 5.00. The summed E-state index contributed by atoms with van der Waals surface area (Å²) < 4.78 is 24.9. The van der Waals surface area contributed by atoms with E-state index in [0.29, 0.717) is 17.9 Å². The highest BCUT2D eigenvalue weighted by Crippen LogP contribution is 2.30. The van der Waals surface area contributed by atoms with Gasteiger partial charge in [0.1, 0.15) is 0 Å². The van der Waals surface area contributed by atoms with Gasteiger partial charge >= 0.3 is 0 Å². The van der Waals surface area contributed by atoms with E-state index in [0.717, 1.165) is 12.8 Å². The van der Waals surface area contributed by atoms with Gasteiger partial charge in [-0.1, -0.05) is 31.4 Å². The van der Waals surface area contributed by atoms with Gasteiger partial charge in [0.05, 0.1) is 13.2 Å². The van der Waals surface area contributed by atoms with Crippen LogP contribution in [0.3, 0.4) is 0 Å². The summed E-state index contributed by atoms with van der Waals surface area (Å²) in [7, 11) is 3.18.